The van der Waals surface area contributed by atoms with Crippen molar-refractivity contribution in [2.75, 3.05) is 33.3 Å². The molecule has 0 aromatic rings. The average molecular weight is 232 g/mol. The van der Waals surface area contributed by atoms with Crippen molar-refractivity contribution < 1.29 is 19.1 Å². The minimum atomic E-state index is -0.446. The summed E-state index contributed by atoms with van der Waals surface area (Å²) >= 11 is 0. The molecule has 0 saturated carbocycles. The summed E-state index contributed by atoms with van der Waals surface area (Å²) in [6, 6.07) is 0. The van der Waals surface area contributed by atoms with E-state index < -0.39 is 5.97 Å². The van der Waals surface area contributed by atoms with E-state index in [0.717, 1.165) is 0 Å². The molecule has 16 heavy (non-hydrogen) atoms. The number of ether oxygens (including phenoxy) is 2. The third kappa shape index (κ3) is 8.19. The highest BCUT2D eigenvalue weighted by Crippen LogP contribution is 1.92. The van der Waals surface area contributed by atoms with E-state index in [4.69, 9.17) is 15.2 Å². The van der Waals surface area contributed by atoms with E-state index in [2.05, 4.69) is 0 Å². The molecule has 0 fully saturated rings. The largest absolute Gasteiger partial charge is 0.463 e. The normalized spacial score (nSPS) is 10.6. The number of rotatable bonds is 7. The monoisotopic (exact) mass is 232 g/mol. The number of esters is 2. The maximum absolute atomic E-state index is 11.2. The molecular weight excluding hydrogens is 212 g/mol. The maximum atomic E-state index is 11.2. The lowest BCUT2D eigenvalue weighted by molar-refractivity contribution is -0.148. The molecule has 0 amide bonds. The number of nitrogens with two attached hydrogens (primary N) is 1. The Morgan fingerprint density at radius 1 is 1.31 bits per heavy atom. The van der Waals surface area contributed by atoms with Crippen LogP contribution in [0.25, 0.3) is 0 Å². The van der Waals surface area contributed by atoms with E-state index in [-0.39, 0.29) is 31.8 Å². The van der Waals surface area contributed by atoms with Gasteiger partial charge in [-0.2, -0.15) is 0 Å². The molecule has 94 valence electrons. The van der Waals surface area contributed by atoms with Gasteiger partial charge in [0, 0.05) is 6.54 Å². The Hall–Kier alpha value is -1.14. The molecule has 0 spiro atoms. The maximum Gasteiger partial charge on any atom is 0.320 e. The van der Waals surface area contributed by atoms with Crippen molar-refractivity contribution in [3.63, 3.8) is 0 Å². The van der Waals surface area contributed by atoms with Gasteiger partial charge < -0.3 is 15.2 Å². The second-order valence-corrected chi connectivity index (χ2v) is 3.70. The molecule has 0 rings (SSSR count). The molecule has 2 N–H and O–H groups in total. The fourth-order valence-corrected chi connectivity index (χ4v) is 0.974. The number of carbonyl (C=O) groups is 2. The van der Waals surface area contributed by atoms with E-state index in [1.54, 1.807) is 25.8 Å². The topological polar surface area (TPSA) is 81.9 Å². The van der Waals surface area contributed by atoms with Gasteiger partial charge in [-0.25, -0.2) is 0 Å². The summed E-state index contributed by atoms with van der Waals surface area (Å²) in [6.45, 7) is 4.33. The SMILES string of the molecule is CC(C)OC(=O)CN(C)CCOC(=O)CN. The lowest BCUT2D eigenvalue weighted by atomic mass is 10.4. The van der Waals surface area contributed by atoms with E-state index in [9.17, 15) is 9.59 Å². The van der Waals surface area contributed by atoms with Crippen LogP contribution in [0.2, 0.25) is 0 Å². The molecule has 0 radical (unpaired) electrons. The summed E-state index contributed by atoms with van der Waals surface area (Å²) < 4.78 is 9.73. The van der Waals surface area contributed by atoms with Crippen LogP contribution in [0.5, 0.6) is 0 Å². The van der Waals surface area contributed by atoms with Gasteiger partial charge in [-0.15, -0.1) is 0 Å². The molecule has 6 nitrogen and oxygen atoms in total. The minimum Gasteiger partial charge on any atom is -0.463 e. The molecule has 0 aromatic carbocycles. The van der Waals surface area contributed by atoms with E-state index >= 15 is 0 Å². The van der Waals surface area contributed by atoms with Crippen molar-refractivity contribution in [3.05, 3.63) is 0 Å². The molecule has 0 aromatic heterocycles. The third-order valence-corrected chi connectivity index (χ3v) is 1.67. The van der Waals surface area contributed by atoms with Gasteiger partial charge in [-0.3, -0.25) is 14.5 Å². The zero-order valence-electron chi connectivity index (χ0n) is 10.1. The Labute approximate surface area is 95.7 Å². The first-order valence-corrected chi connectivity index (χ1v) is 5.19. The van der Waals surface area contributed by atoms with Crippen LogP contribution in [0.4, 0.5) is 0 Å². The molecule has 0 aliphatic heterocycles. The van der Waals surface area contributed by atoms with Gasteiger partial charge in [0.25, 0.3) is 0 Å². The zero-order valence-corrected chi connectivity index (χ0v) is 10.1. The quantitative estimate of drug-likeness (QED) is 0.589. The molecule has 6 heteroatoms. The van der Waals surface area contributed by atoms with Crippen LogP contribution in [-0.2, 0) is 19.1 Å². The Morgan fingerprint density at radius 2 is 1.94 bits per heavy atom. The van der Waals surface area contributed by atoms with Crippen LogP contribution < -0.4 is 5.73 Å². The van der Waals surface area contributed by atoms with Gasteiger partial charge in [0.05, 0.1) is 19.2 Å². The molecule has 0 heterocycles. The highest BCUT2D eigenvalue weighted by molar-refractivity contribution is 5.72. The summed E-state index contributed by atoms with van der Waals surface area (Å²) in [4.78, 5) is 23.6. The van der Waals surface area contributed by atoms with Crippen molar-refractivity contribution in [1.29, 1.82) is 0 Å². The first kappa shape index (κ1) is 14.9. The van der Waals surface area contributed by atoms with Gasteiger partial charge >= 0.3 is 11.9 Å². The van der Waals surface area contributed by atoms with Crippen LogP contribution in [0.15, 0.2) is 0 Å². The van der Waals surface area contributed by atoms with Gasteiger partial charge in [-0.05, 0) is 20.9 Å². The van der Waals surface area contributed by atoms with Crippen LogP contribution in [0.3, 0.4) is 0 Å². The van der Waals surface area contributed by atoms with E-state index in [1.165, 1.54) is 0 Å². The first-order valence-electron chi connectivity index (χ1n) is 5.19. The van der Waals surface area contributed by atoms with Crippen molar-refractivity contribution in [2.45, 2.75) is 20.0 Å². The van der Waals surface area contributed by atoms with E-state index in [0.29, 0.717) is 6.54 Å². The molecule has 0 aliphatic carbocycles. The number of carbonyl (C=O) groups excluding carboxylic acids is 2. The summed E-state index contributed by atoms with van der Waals surface area (Å²) in [6.07, 6.45) is -0.115. The lowest BCUT2D eigenvalue weighted by Crippen LogP contribution is -2.32. The number of nitrogens with zero attached hydrogens (tertiary/aromatic N) is 1. The molecule has 0 bridgehead atoms. The van der Waals surface area contributed by atoms with Gasteiger partial charge in [0.2, 0.25) is 0 Å². The van der Waals surface area contributed by atoms with Crippen LogP contribution in [0.1, 0.15) is 13.8 Å². The fraction of sp³-hybridized carbons (Fsp3) is 0.800. The smallest absolute Gasteiger partial charge is 0.320 e. The number of likely N-dealkylation sites (N-methyl/N-ethyl adjacent to an activating group) is 1. The first-order chi connectivity index (χ1) is 7.45. The molecule has 0 aliphatic rings. The highest BCUT2D eigenvalue weighted by Gasteiger charge is 2.09. The second-order valence-electron chi connectivity index (χ2n) is 3.70. The standard InChI is InChI=1S/C10H20N2O4/c1-8(2)16-10(14)7-12(3)4-5-15-9(13)6-11/h8H,4-7,11H2,1-3H3. The Kier molecular flexibility index (Phi) is 7.49. The van der Waals surface area contributed by atoms with Crippen LogP contribution >= 0.6 is 0 Å². The van der Waals surface area contributed by atoms with Gasteiger partial charge in [0.1, 0.15) is 6.61 Å². The van der Waals surface area contributed by atoms with E-state index in [1.807, 2.05) is 0 Å². The predicted octanol–water partition coefficient (Wildman–Crippen LogP) is -0.628. The number of hydrogen-bond donors (Lipinski definition) is 1. The van der Waals surface area contributed by atoms with Crippen molar-refractivity contribution >= 4 is 11.9 Å². The minimum absolute atomic E-state index is 0.115. The van der Waals surface area contributed by atoms with Crippen molar-refractivity contribution in [1.82, 2.24) is 4.90 Å². The Bertz CT molecular complexity index is 231. The summed E-state index contributed by atoms with van der Waals surface area (Å²) in [5.74, 6) is -0.735. The Balaban J connectivity index is 3.61. The molecule has 0 atom stereocenters. The fourth-order valence-electron chi connectivity index (χ4n) is 0.974. The van der Waals surface area contributed by atoms with Crippen LogP contribution in [-0.4, -0.2) is 56.2 Å². The zero-order chi connectivity index (χ0) is 12.6. The molecule has 0 saturated heterocycles. The van der Waals surface area contributed by atoms with Crippen molar-refractivity contribution in [2.24, 2.45) is 5.73 Å². The summed E-state index contributed by atoms with van der Waals surface area (Å²) in [5.41, 5.74) is 5.06. The second kappa shape index (κ2) is 8.06. The Morgan fingerprint density at radius 3 is 2.44 bits per heavy atom. The highest BCUT2D eigenvalue weighted by atomic mass is 16.5. The van der Waals surface area contributed by atoms with Gasteiger partial charge in [0.15, 0.2) is 0 Å². The number of hydrogen-bond acceptors (Lipinski definition) is 6. The van der Waals surface area contributed by atoms with Crippen LogP contribution in [0, 0.1) is 0 Å². The van der Waals surface area contributed by atoms with Gasteiger partial charge in [-0.1, -0.05) is 0 Å². The summed E-state index contributed by atoms with van der Waals surface area (Å²) in [5, 5.41) is 0. The lowest BCUT2D eigenvalue weighted by Gasteiger charge is -2.16. The third-order valence-electron chi connectivity index (χ3n) is 1.67. The summed E-state index contributed by atoms with van der Waals surface area (Å²) in [7, 11) is 1.75. The molecular formula is C10H20N2O4. The predicted molar refractivity (Wildman–Crippen MR) is 58.7 cm³/mol. The van der Waals surface area contributed by atoms with Crippen molar-refractivity contribution in [3.8, 4) is 0 Å². The molecule has 0 unspecified atom stereocenters. The average Bonchev–Trinajstić information content (AvgIpc) is 2.15.